The van der Waals surface area contributed by atoms with Gasteiger partial charge in [-0.2, -0.15) is 0 Å². The Hall–Kier alpha value is -1.67. The second kappa shape index (κ2) is 5.76. The molecule has 0 saturated carbocycles. The van der Waals surface area contributed by atoms with E-state index in [-0.39, 0.29) is 11.9 Å². The average molecular weight is 269 g/mol. The Bertz CT molecular complexity index is 606. The van der Waals surface area contributed by atoms with Crippen LogP contribution in [-0.4, -0.2) is 0 Å². The van der Waals surface area contributed by atoms with Gasteiger partial charge in [0, 0.05) is 12.6 Å². The van der Waals surface area contributed by atoms with Gasteiger partial charge in [-0.15, -0.1) is 0 Å². The van der Waals surface area contributed by atoms with E-state index >= 15 is 0 Å². The normalized spacial score (nSPS) is 15.1. The number of halogens is 1. The van der Waals surface area contributed by atoms with Crippen LogP contribution < -0.4 is 5.32 Å². The fourth-order valence-corrected chi connectivity index (χ4v) is 2.90. The van der Waals surface area contributed by atoms with Crippen LogP contribution in [0.2, 0.25) is 0 Å². The highest BCUT2D eigenvalue weighted by Crippen LogP contribution is 2.23. The van der Waals surface area contributed by atoms with Gasteiger partial charge in [-0.1, -0.05) is 30.3 Å². The molecule has 0 aliphatic heterocycles. The lowest BCUT2D eigenvalue weighted by molar-refractivity contribution is 0.565. The number of hydrogen-bond donors (Lipinski definition) is 1. The highest BCUT2D eigenvalue weighted by atomic mass is 19.1. The molecule has 1 aliphatic rings. The number of hydrogen-bond acceptors (Lipinski definition) is 1. The summed E-state index contributed by atoms with van der Waals surface area (Å²) in [4.78, 5) is 0. The molecule has 0 unspecified atom stereocenters. The zero-order valence-electron chi connectivity index (χ0n) is 11.8. The van der Waals surface area contributed by atoms with Crippen LogP contribution in [0.4, 0.5) is 4.39 Å². The monoisotopic (exact) mass is 269 g/mol. The Morgan fingerprint density at radius 2 is 1.95 bits per heavy atom. The lowest BCUT2D eigenvalue weighted by atomic mass is 10.1. The van der Waals surface area contributed by atoms with Gasteiger partial charge < -0.3 is 5.32 Å². The van der Waals surface area contributed by atoms with Gasteiger partial charge in [-0.25, -0.2) is 4.39 Å². The molecule has 0 radical (unpaired) electrons. The van der Waals surface area contributed by atoms with E-state index in [2.05, 4.69) is 30.4 Å². The van der Waals surface area contributed by atoms with E-state index in [4.69, 9.17) is 0 Å². The summed E-state index contributed by atoms with van der Waals surface area (Å²) in [5, 5.41) is 3.47. The minimum Gasteiger partial charge on any atom is -0.306 e. The molecule has 1 atom stereocenters. The smallest absolute Gasteiger partial charge is 0.123 e. The standard InChI is InChI=1S/C18H20FN/c1-13(16-5-3-7-18(19)11-16)20-12-14-8-9-15-4-2-6-17(15)10-14/h3,5,7-11,13,20H,2,4,6,12H2,1H3/t13-/m0/s1. The van der Waals surface area contributed by atoms with Crippen molar-refractivity contribution in [3.8, 4) is 0 Å². The molecule has 20 heavy (non-hydrogen) atoms. The molecule has 104 valence electrons. The predicted octanol–water partition coefficient (Wildman–Crippen LogP) is 4.17. The van der Waals surface area contributed by atoms with Crippen LogP contribution in [-0.2, 0) is 19.4 Å². The SMILES string of the molecule is C[C@H](NCc1ccc2c(c1)CCC2)c1cccc(F)c1. The Morgan fingerprint density at radius 3 is 2.80 bits per heavy atom. The van der Waals surface area contributed by atoms with Crippen molar-refractivity contribution in [3.05, 3.63) is 70.5 Å². The molecule has 0 fully saturated rings. The lowest BCUT2D eigenvalue weighted by Gasteiger charge is -2.15. The van der Waals surface area contributed by atoms with E-state index < -0.39 is 0 Å². The summed E-state index contributed by atoms with van der Waals surface area (Å²) in [7, 11) is 0. The van der Waals surface area contributed by atoms with E-state index in [1.54, 1.807) is 12.1 Å². The van der Waals surface area contributed by atoms with Gasteiger partial charge >= 0.3 is 0 Å². The Balaban J connectivity index is 1.64. The van der Waals surface area contributed by atoms with Crippen molar-refractivity contribution in [1.82, 2.24) is 5.32 Å². The Kier molecular flexibility index (Phi) is 3.83. The van der Waals surface area contributed by atoms with E-state index in [1.165, 1.54) is 42.0 Å². The summed E-state index contributed by atoms with van der Waals surface area (Å²) in [5.41, 5.74) is 5.31. The molecule has 0 amide bonds. The van der Waals surface area contributed by atoms with E-state index in [0.717, 1.165) is 12.1 Å². The quantitative estimate of drug-likeness (QED) is 0.878. The molecule has 0 saturated heterocycles. The van der Waals surface area contributed by atoms with E-state index in [9.17, 15) is 4.39 Å². The minimum atomic E-state index is -0.173. The third-order valence-corrected chi connectivity index (χ3v) is 4.12. The largest absolute Gasteiger partial charge is 0.306 e. The van der Waals surface area contributed by atoms with Crippen LogP contribution in [0.1, 0.15) is 41.6 Å². The van der Waals surface area contributed by atoms with E-state index in [1.807, 2.05) is 6.07 Å². The van der Waals surface area contributed by atoms with Crippen molar-refractivity contribution < 1.29 is 4.39 Å². The number of aryl methyl sites for hydroxylation is 2. The average Bonchev–Trinajstić information content (AvgIpc) is 2.92. The molecular formula is C18H20FN. The van der Waals surface area contributed by atoms with Crippen LogP contribution in [0, 0.1) is 5.82 Å². The third kappa shape index (κ3) is 2.91. The summed E-state index contributed by atoms with van der Waals surface area (Å²) >= 11 is 0. The molecule has 0 bridgehead atoms. The molecule has 2 aromatic carbocycles. The van der Waals surface area contributed by atoms with Gasteiger partial charge in [0.1, 0.15) is 5.82 Å². The van der Waals surface area contributed by atoms with Gasteiger partial charge in [0.05, 0.1) is 0 Å². The van der Waals surface area contributed by atoms with Crippen molar-refractivity contribution >= 4 is 0 Å². The van der Waals surface area contributed by atoms with Crippen molar-refractivity contribution in [2.75, 3.05) is 0 Å². The number of benzene rings is 2. The van der Waals surface area contributed by atoms with Crippen molar-refractivity contribution in [2.24, 2.45) is 0 Å². The van der Waals surface area contributed by atoms with Gasteiger partial charge in [-0.05, 0) is 60.6 Å². The summed E-state index contributed by atoms with van der Waals surface area (Å²) < 4.78 is 13.2. The lowest BCUT2D eigenvalue weighted by Crippen LogP contribution is -2.18. The van der Waals surface area contributed by atoms with E-state index in [0.29, 0.717) is 0 Å². The highest BCUT2D eigenvalue weighted by molar-refractivity contribution is 5.35. The number of fused-ring (bicyclic) bond motifs is 1. The maximum atomic E-state index is 13.2. The first-order valence-corrected chi connectivity index (χ1v) is 7.32. The molecule has 3 rings (SSSR count). The zero-order chi connectivity index (χ0) is 13.9. The van der Waals surface area contributed by atoms with Crippen LogP contribution in [0.5, 0.6) is 0 Å². The van der Waals surface area contributed by atoms with Gasteiger partial charge in [-0.3, -0.25) is 0 Å². The molecule has 1 nitrogen and oxygen atoms in total. The fraction of sp³-hybridized carbons (Fsp3) is 0.333. The molecule has 1 N–H and O–H groups in total. The zero-order valence-corrected chi connectivity index (χ0v) is 11.8. The summed E-state index contributed by atoms with van der Waals surface area (Å²) in [5.74, 6) is -0.173. The van der Waals surface area contributed by atoms with Gasteiger partial charge in [0.15, 0.2) is 0 Å². The minimum absolute atomic E-state index is 0.152. The molecule has 0 spiro atoms. The van der Waals surface area contributed by atoms with Gasteiger partial charge in [0.25, 0.3) is 0 Å². The molecule has 2 aromatic rings. The molecule has 1 aliphatic carbocycles. The van der Waals surface area contributed by atoms with Crippen LogP contribution in [0.3, 0.4) is 0 Å². The maximum Gasteiger partial charge on any atom is 0.123 e. The topological polar surface area (TPSA) is 12.0 Å². The Labute approximate surface area is 119 Å². The van der Waals surface area contributed by atoms with Crippen LogP contribution in [0.25, 0.3) is 0 Å². The first-order valence-electron chi connectivity index (χ1n) is 7.32. The maximum absolute atomic E-state index is 13.2. The highest BCUT2D eigenvalue weighted by Gasteiger charge is 2.11. The number of rotatable bonds is 4. The summed E-state index contributed by atoms with van der Waals surface area (Å²) in [6.07, 6.45) is 3.72. The van der Waals surface area contributed by atoms with Crippen LogP contribution in [0.15, 0.2) is 42.5 Å². The van der Waals surface area contributed by atoms with Crippen molar-refractivity contribution in [3.63, 3.8) is 0 Å². The molecule has 0 heterocycles. The molecule has 0 aromatic heterocycles. The molecule has 2 heteroatoms. The summed E-state index contributed by atoms with van der Waals surface area (Å²) in [6.45, 7) is 2.90. The van der Waals surface area contributed by atoms with Crippen molar-refractivity contribution in [2.45, 2.75) is 38.8 Å². The third-order valence-electron chi connectivity index (χ3n) is 4.12. The van der Waals surface area contributed by atoms with Gasteiger partial charge in [0.2, 0.25) is 0 Å². The molecular weight excluding hydrogens is 249 g/mol. The number of nitrogens with one attached hydrogen (secondary N) is 1. The van der Waals surface area contributed by atoms with Crippen LogP contribution >= 0.6 is 0 Å². The fourth-order valence-electron chi connectivity index (χ4n) is 2.90. The second-order valence-electron chi connectivity index (χ2n) is 5.61. The second-order valence-corrected chi connectivity index (χ2v) is 5.61. The first kappa shape index (κ1) is 13.3. The van der Waals surface area contributed by atoms with Crippen molar-refractivity contribution in [1.29, 1.82) is 0 Å². The first-order chi connectivity index (χ1) is 9.72. The Morgan fingerprint density at radius 1 is 1.10 bits per heavy atom. The summed E-state index contributed by atoms with van der Waals surface area (Å²) in [6, 6.07) is 13.7. The predicted molar refractivity (Wildman–Crippen MR) is 80.1 cm³/mol.